The summed E-state index contributed by atoms with van der Waals surface area (Å²) in [6.07, 6.45) is 76.4. The Balaban J connectivity index is 4.27. The third kappa shape index (κ3) is 55.9. The maximum Gasteiger partial charge on any atom is 0.306 e. The Hall–Kier alpha value is -2.66. The molecule has 0 saturated heterocycles. The fourth-order valence-electron chi connectivity index (χ4n) is 8.36. The number of rotatable bonds is 54. The lowest BCUT2D eigenvalue weighted by Crippen LogP contribution is -2.30. The van der Waals surface area contributed by atoms with Gasteiger partial charge >= 0.3 is 11.9 Å². The molecular formula is C63H112O5. The maximum absolute atomic E-state index is 12.9. The monoisotopic (exact) mass is 949 g/mol. The molecule has 0 N–H and O–H groups in total. The summed E-state index contributed by atoms with van der Waals surface area (Å²) in [6, 6.07) is 0. The van der Waals surface area contributed by atoms with Crippen molar-refractivity contribution in [2.24, 2.45) is 0 Å². The molecule has 0 aliphatic carbocycles. The van der Waals surface area contributed by atoms with Gasteiger partial charge in [-0.15, -0.1) is 0 Å². The minimum atomic E-state index is -0.549. The van der Waals surface area contributed by atoms with Gasteiger partial charge in [-0.05, 0) is 83.5 Å². The van der Waals surface area contributed by atoms with Gasteiger partial charge < -0.3 is 14.2 Å². The second-order valence-corrected chi connectivity index (χ2v) is 19.5. The van der Waals surface area contributed by atoms with E-state index in [-0.39, 0.29) is 25.2 Å². The third-order valence-electron chi connectivity index (χ3n) is 12.7. The molecule has 0 heterocycles. The summed E-state index contributed by atoms with van der Waals surface area (Å²) in [5.74, 6) is -0.407. The molecule has 68 heavy (non-hydrogen) atoms. The minimum Gasteiger partial charge on any atom is -0.462 e. The van der Waals surface area contributed by atoms with Gasteiger partial charge in [-0.1, -0.05) is 267 Å². The van der Waals surface area contributed by atoms with Gasteiger partial charge in [0.15, 0.2) is 6.10 Å². The van der Waals surface area contributed by atoms with Crippen molar-refractivity contribution < 1.29 is 23.8 Å². The van der Waals surface area contributed by atoms with Crippen LogP contribution in [0.2, 0.25) is 0 Å². The zero-order valence-corrected chi connectivity index (χ0v) is 45.4. The maximum atomic E-state index is 12.9. The standard InChI is InChI=1S/C63H112O5/c1-4-7-10-13-16-19-22-25-28-30-32-34-36-38-41-44-47-50-53-56-62(64)67-60-61(59-66-58-55-52-49-46-43-40-27-24-21-18-15-12-9-6-3)68-63(65)57-54-51-48-45-42-39-37-35-33-31-29-26-23-20-17-14-11-8-5-2/h7,10,12,15-16,19,21,24-25,28,32,34,61H,4-6,8-9,11,13-14,17-18,20,22-23,26-27,29-31,33,35-60H2,1-3H3/b10-7-,15-12-,19-16-,24-21-,28-25-,34-32-. The lowest BCUT2D eigenvalue weighted by Gasteiger charge is -2.18. The summed E-state index contributed by atoms with van der Waals surface area (Å²) in [6.45, 7) is 7.66. The van der Waals surface area contributed by atoms with Gasteiger partial charge in [0.1, 0.15) is 6.61 Å². The third-order valence-corrected chi connectivity index (χ3v) is 12.7. The summed E-state index contributed by atoms with van der Waals surface area (Å²) in [7, 11) is 0. The highest BCUT2D eigenvalue weighted by Crippen LogP contribution is 2.16. The van der Waals surface area contributed by atoms with Crippen LogP contribution in [0.25, 0.3) is 0 Å². The lowest BCUT2D eigenvalue weighted by atomic mass is 10.0. The Morgan fingerprint density at radius 1 is 0.338 bits per heavy atom. The summed E-state index contributed by atoms with van der Waals surface area (Å²) in [4.78, 5) is 25.5. The van der Waals surface area contributed by atoms with Crippen LogP contribution in [0.3, 0.4) is 0 Å². The minimum absolute atomic E-state index is 0.0739. The van der Waals surface area contributed by atoms with Crippen LogP contribution in [0.1, 0.15) is 290 Å². The van der Waals surface area contributed by atoms with E-state index in [2.05, 4.69) is 93.7 Å². The van der Waals surface area contributed by atoms with E-state index in [1.165, 1.54) is 173 Å². The molecule has 0 saturated carbocycles. The molecule has 0 amide bonds. The van der Waals surface area contributed by atoms with E-state index in [4.69, 9.17) is 14.2 Å². The molecular weight excluding hydrogens is 837 g/mol. The first-order valence-corrected chi connectivity index (χ1v) is 29.5. The van der Waals surface area contributed by atoms with Crippen LogP contribution in [-0.4, -0.2) is 37.9 Å². The van der Waals surface area contributed by atoms with Crippen molar-refractivity contribution in [2.45, 2.75) is 297 Å². The summed E-state index contributed by atoms with van der Waals surface area (Å²) in [5.41, 5.74) is 0. The molecule has 0 spiro atoms. The highest BCUT2D eigenvalue weighted by atomic mass is 16.6. The van der Waals surface area contributed by atoms with Gasteiger partial charge in [0, 0.05) is 19.4 Å². The lowest BCUT2D eigenvalue weighted by molar-refractivity contribution is -0.163. The SMILES string of the molecule is CC/C=C\C/C=C\C/C=C\C/C=C\CCCCCCCCC(=O)OCC(COCCCCCCCC/C=C\C/C=C\CCC)OC(=O)CCCCCCCCCCCCCCCCCCCCC. The van der Waals surface area contributed by atoms with Crippen LogP contribution in [0.15, 0.2) is 72.9 Å². The van der Waals surface area contributed by atoms with E-state index < -0.39 is 6.10 Å². The largest absolute Gasteiger partial charge is 0.462 e. The highest BCUT2D eigenvalue weighted by Gasteiger charge is 2.17. The Morgan fingerprint density at radius 2 is 0.691 bits per heavy atom. The zero-order chi connectivity index (χ0) is 49.2. The van der Waals surface area contributed by atoms with Crippen LogP contribution < -0.4 is 0 Å². The molecule has 0 aromatic rings. The van der Waals surface area contributed by atoms with Crippen LogP contribution in [0, 0.1) is 0 Å². The van der Waals surface area contributed by atoms with E-state index in [0.29, 0.717) is 19.4 Å². The normalized spacial score (nSPS) is 12.7. The summed E-state index contributed by atoms with van der Waals surface area (Å²) >= 11 is 0. The average molecular weight is 950 g/mol. The molecule has 0 rings (SSSR count). The highest BCUT2D eigenvalue weighted by molar-refractivity contribution is 5.70. The smallest absolute Gasteiger partial charge is 0.306 e. The van der Waals surface area contributed by atoms with Crippen molar-refractivity contribution in [2.75, 3.05) is 19.8 Å². The molecule has 0 aliphatic heterocycles. The first kappa shape index (κ1) is 65.3. The first-order chi connectivity index (χ1) is 33.6. The number of unbranched alkanes of at least 4 members (excludes halogenated alkanes) is 31. The number of hydrogen-bond donors (Lipinski definition) is 0. The number of carbonyl (C=O) groups is 2. The van der Waals surface area contributed by atoms with Crippen molar-refractivity contribution in [3.63, 3.8) is 0 Å². The number of ether oxygens (including phenoxy) is 3. The fourth-order valence-corrected chi connectivity index (χ4v) is 8.36. The molecule has 0 radical (unpaired) electrons. The molecule has 0 fully saturated rings. The van der Waals surface area contributed by atoms with Gasteiger partial charge in [0.25, 0.3) is 0 Å². The van der Waals surface area contributed by atoms with Gasteiger partial charge in [-0.3, -0.25) is 9.59 Å². The molecule has 0 aromatic carbocycles. The molecule has 0 aliphatic rings. The van der Waals surface area contributed by atoms with Crippen LogP contribution in [0.5, 0.6) is 0 Å². The van der Waals surface area contributed by atoms with Crippen LogP contribution in [-0.2, 0) is 23.8 Å². The van der Waals surface area contributed by atoms with Gasteiger partial charge in [0.05, 0.1) is 6.61 Å². The predicted molar refractivity (Wildman–Crippen MR) is 297 cm³/mol. The Morgan fingerprint density at radius 3 is 1.12 bits per heavy atom. The molecule has 5 nitrogen and oxygen atoms in total. The van der Waals surface area contributed by atoms with Gasteiger partial charge in [-0.2, -0.15) is 0 Å². The molecule has 1 atom stereocenters. The topological polar surface area (TPSA) is 61.8 Å². The molecule has 0 aromatic heterocycles. The van der Waals surface area contributed by atoms with Crippen molar-refractivity contribution in [1.29, 1.82) is 0 Å². The van der Waals surface area contributed by atoms with Crippen molar-refractivity contribution in [3.05, 3.63) is 72.9 Å². The van der Waals surface area contributed by atoms with E-state index in [0.717, 1.165) is 83.5 Å². The van der Waals surface area contributed by atoms with E-state index in [1.54, 1.807) is 0 Å². The van der Waals surface area contributed by atoms with Gasteiger partial charge in [-0.25, -0.2) is 0 Å². The Labute approximate surface area is 423 Å². The quantitative estimate of drug-likeness (QED) is 0.0345. The number of carbonyl (C=O) groups excluding carboxylic acids is 2. The number of allylic oxidation sites excluding steroid dienone is 12. The van der Waals surface area contributed by atoms with Crippen molar-refractivity contribution in [3.8, 4) is 0 Å². The first-order valence-electron chi connectivity index (χ1n) is 29.5. The average Bonchev–Trinajstić information content (AvgIpc) is 3.34. The van der Waals surface area contributed by atoms with E-state index >= 15 is 0 Å². The van der Waals surface area contributed by atoms with E-state index in [1.807, 2.05) is 0 Å². The predicted octanol–water partition coefficient (Wildman–Crippen LogP) is 20.2. The zero-order valence-electron chi connectivity index (χ0n) is 45.4. The van der Waals surface area contributed by atoms with Crippen molar-refractivity contribution in [1.82, 2.24) is 0 Å². The van der Waals surface area contributed by atoms with Gasteiger partial charge in [0.2, 0.25) is 0 Å². The number of esters is 2. The van der Waals surface area contributed by atoms with E-state index in [9.17, 15) is 9.59 Å². The molecule has 5 heteroatoms. The second-order valence-electron chi connectivity index (χ2n) is 19.5. The second kappa shape index (κ2) is 58.7. The van der Waals surface area contributed by atoms with Crippen LogP contribution in [0.4, 0.5) is 0 Å². The Bertz CT molecular complexity index is 1210. The van der Waals surface area contributed by atoms with Crippen molar-refractivity contribution >= 4 is 11.9 Å². The Kier molecular flexibility index (Phi) is 56.4. The summed E-state index contributed by atoms with van der Waals surface area (Å²) < 4.78 is 17.5. The number of hydrogen-bond acceptors (Lipinski definition) is 5. The van der Waals surface area contributed by atoms with Crippen LogP contribution >= 0.6 is 0 Å². The molecule has 0 bridgehead atoms. The molecule has 394 valence electrons. The fraction of sp³-hybridized carbons (Fsp3) is 0.778. The summed E-state index contributed by atoms with van der Waals surface area (Å²) in [5, 5.41) is 0. The molecule has 1 unspecified atom stereocenters.